The lowest BCUT2D eigenvalue weighted by Crippen LogP contribution is -2.08. The van der Waals surface area contributed by atoms with Gasteiger partial charge >= 0.3 is 6.18 Å². The topological polar surface area (TPSA) is 48.2 Å². The molecule has 0 saturated heterocycles. The number of aromatic nitrogens is 2. The molecular formula is C23H17F3N2O2. The molecular weight excluding hydrogens is 393 g/mol. The predicted molar refractivity (Wildman–Crippen MR) is 107 cm³/mol. The Labute approximate surface area is 170 Å². The van der Waals surface area contributed by atoms with E-state index in [0.717, 1.165) is 11.6 Å². The van der Waals surface area contributed by atoms with Crippen molar-refractivity contribution in [3.05, 3.63) is 77.9 Å². The summed E-state index contributed by atoms with van der Waals surface area (Å²) in [5.41, 5.74) is 1.40. The highest BCUT2D eigenvalue weighted by molar-refractivity contribution is 5.75. The van der Waals surface area contributed by atoms with E-state index >= 15 is 0 Å². The van der Waals surface area contributed by atoms with E-state index in [0.29, 0.717) is 16.9 Å². The first-order valence-electron chi connectivity index (χ1n) is 9.13. The van der Waals surface area contributed by atoms with Crippen molar-refractivity contribution in [3.8, 4) is 39.7 Å². The number of rotatable bonds is 4. The van der Waals surface area contributed by atoms with Gasteiger partial charge in [-0.3, -0.25) is 0 Å². The first kappa shape index (κ1) is 19.7. The largest absolute Gasteiger partial charge is 0.496 e. The van der Waals surface area contributed by atoms with E-state index in [1.54, 1.807) is 61.5 Å². The number of benzene rings is 3. The Hall–Kier alpha value is -3.61. The normalized spacial score (nSPS) is 11.5. The Morgan fingerprint density at radius 3 is 2.27 bits per heavy atom. The van der Waals surface area contributed by atoms with Gasteiger partial charge in [0.05, 0.1) is 18.2 Å². The Balaban J connectivity index is 1.80. The molecule has 1 heterocycles. The van der Waals surface area contributed by atoms with Gasteiger partial charge in [-0.05, 0) is 47.9 Å². The molecule has 0 fully saturated rings. The Morgan fingerprint density at radius 2 is 1.57 bits per heavy atom. The van der Waals surface area contributed by atoms with Crippen LogP contribution in [-0.4, -0.2) is 17.3 Å². The molecule has 0 amide bonds. The summed E-state index contributed by atoms with van der Waals surface area (Å²) in [6.45, 7) is 1.78. The van der Waals surface area contributed by atoms with Gasteiger partial charge in [-0.2, -0.15) is 18.2 Å². The van der Waals surface area contributed by atoms with Gasteiger partial charge in [-0.1, -0.05) is 47.6 Å². The van der Waals surface area contributed by atoms with Crippen molar-refractivity contribution in [2.75, 3.05) is 7.11 Å². The van der Waals surface area contributed by atoms with E-state index < -0.39 is 11.7 Å². The van der Waals surface area contributed by atoms with Crippen LogP contribution < -0.4 is 4.74 Å². The Morgan fingerprint density at radius 1 is 0.867 bits per heavy atom. The van der Waals surface area contributed by atoms with Crippen molar-refractivity contribution in [2.24, 2.45) is 0 Å². The van der Waals surface area contributed by atoms with Crippen LogP contribution in [0, 0.1) is 6.92 Å². The van der Waals surface area contributed by atoms with Crippen LogP contribution in [-0.2, 0) is 6.18 Å². The molecule has 152 valence electrons. The van der Waals surface area contributed by atoms with E-state index in [4.69, 9.17) is 9.26 Å². The van der Waals surface area contributed by atoms with Crippen molar-refractivity contribution < 1.29 is 22.4 Å². The van der Waals surface area contributed by atoms with Gasteiger partial charge in [0.15, 0.2) is 0 Å². The van der Waals surface area contributed by atoms with Gasteiger partial charge < -0.3 is 9.26 Å². The zero-order chi connectivity index (χ0) is 21.3. The molecule has 0 aliphatic rings. The van der Waals surface area contributed by atoms with Crippen molar-refractivity contribution in [1.82, 2.24) is 10.1 Å². The minimum atomic E-state index is -4.54. The highest BCUT2D eigenvalue weighted by Crippen LogP contribution is 2.40. The Bertz CT molecular complexity index is 1200. The molecule has 0 radical (unpaired) electrons. The summed E-state index contributed by atoms with van der Waals surface area (Å²) in [7, 11) is 1.51. The van der Waals surface area contributed by atoms with Crippen molar-refractivity contribution in [3.63, 3.8) is 0 Å². The second-order valence-corrected chi connectivity index (χ2v) is 6.70. The smallest absolute Gasteiger partial charge is 0.417 e. The highest BCUT2D eigenvalue weighted by Gasteiger charge is 2.34. The van der Waals surface area contributed by atoms with Crippen molar-refractivity contribution in [1.29, 1.82) is 0 Å². The molecule has 4 rings (SSSR count). The van der Waals surface area contributed by atoms with E-state index in [-0.39, 0.29) is 22.8 Å². The number of alkyl halides is 3. The quantitative estimate of drug-likeness (QED) is 0.390. The van der Waals surface area contributed by atoms with Gasteiger partial charge in [0.25, 0.3) is 5.89 Å². The molecule has 0 unspecified atom stereocenters. The Kier molecular flexibility index (Phi) is 5.03. The van der Waals surface area contributed by atoms with Crippen LogP contribution in [0.25, 0.3) is 34.0 Å². The molecule has 4 aromatic rings. The molecule has 3 aromatic carbocycles. The van der Waals surface area contributed by atoms with Gasteiger partial charge in [-0.25, -0.2) is 0 Å². The lowest BCUT2D eigenvalue weighted by Gasteiger charge is -2.15. The van der Waals surface area contributed by atoms with Crippen LogP contribution in [0.2, 0.25) is 0 Å². The molecule has 0 N–H and O–H groups in total. The number of hydrogen-bond acceptors (Lipinski definition) is 4. The van der Waals surface area contributed by atoms with Gasteiger partial charge in [0.2, 0.25) is 5.82 Å². The minimum absolute atomic E-state index is 0.00209. The zero-order valence-corrected chi connectivity index (χ0v) is 16.2. The summed E-state index contributed by atoms with van der Waals surface area (Å²) in [5, 5.41) is 3.91. The molecule has 0 aliphatic carbocycles. The summed E-state index contributed by atoms with van der Waals surface area (Å²) in [4.78, 5) is 4.28. The molecule has 4 nitrogen and oxygen atoms in total. The second-order valence-electron chi connectivity index (χ2n) is 6.70. The fraction of sp³-hybridized carbons (Fsp3) is 0.130. The van der Waals surface area contributed by atoms with Crippen LogP contribution in [0.5, 0.6) is 5.75 Å². The first-order chi connectivity index (χ1) is 14.4. The lowest BCUT2D eigenvalue weighted by molar-refractivity contribution is -0.137. The SMILES string of the molecule is COc1ccccc1-c1noc(-c2ccc(-c3ccccc3C)c(C(F)(F)F)c2)n1. The summed E-state index contributed by atoms with van der Waals surface area (Å²) < 4.78 is 52.1. The third-order valence-corrected chi connectivity index (χ3v) is 4.78. The standard InChI is InChI=1S/C23H17F3N2O2/c1-14-7-3-4-8-16(14)17-12-11-15(13-19(17)23(24,25)26)22-27-21(28-30-22)18-9-5-6-10-20(18)29-2/h3-13H,1-2H3. The molecule has 0 aliphatic heterocycles. The summed E-state index contributed by atoms with van der Waals surface area (Å²) in [6, 6.07) is 18.1. The molecule has 0 atom stereocenters. The number of aryl methyl sites for hydroxylation is 1. The number of halogens is 3. The first-order valence-corrected chi connectivity index (χ1v) is 9.13. The maximum absolute atomic E-state index is 13.8. The molecule has 1 aromatic heterocycles. The minimum Gasteiger partial charge on any atom is -0.496 e. The predicted octanol–water partition coefficient (Wildman–Crippen LogP) is 6.41. The van der Waals surface area contributed by atoms with Crippen molar-refractivity contribution >= 4 is 0 Å². The number of para-hydroxylation sites is 1. The van der Waals surface area contributed by atoms with E-state index in [1.165, 1.54) is 13.2 Å². The molecule has 7 heteroatoms. The molecule has 0 saturated carbocycles. The fourth-order valence-corrected chi connectivity index (χ4v) is 3.30. The van der Waals surface area contributed by atoms with Crippen LogP contribution in [0.4, 0.5) is 13.2 Å². The molecule has 0 spiro atoms. The zero-order valence-electron chi connectivity index (χ0n) is 16.2. The number of nitrogens with zero attached hydrogens (tertiary/aromatic N) is 2. The van der Waals surface area contributed by atoms with Gasteiger partial charge in [0, 0.05) is 5.56 Å². The maximum atomic E-state index is 13.8. The van der Waals surface area contributed by atoms with Crippen LogP contribution in [0.1, 0.15) is 11.1 Å². The average Bonchev–Trinajstić information content (AvgIpc) is 3.23. The lowest BCUT2D eigenvalue weighted by atomic mass is 9.94. The second kappa shape index (κ2) is 7.67. The fourth-order valence-electron chi connectivity index (χ4n) is 3.30. The monoisotopic (exact) mass is 410 g/mol. The van der Waals surface area contributed by atoms with Crippen LogP contribution in [0.3, 0.4) is 0 Å². The average molecular weight is 410 g/mol. The number of ether oxygens (including phenoxy) is 1. The van der Waals surface area contributed by atoms with Crippen LogP contribution >= 0.6 is 0 Å². The van der Waals surface area contributed by atoms with E-state index in [1.807, 2.05) is 0 Å². The van der Waals surface area contributed by atoms with Gasteiger partial charge in [0.1, 0.15) is 5.75 Å². The van der Waals surface area contributed by atoms with Gasteiger partial charge in [-0.15, -0.1) is 0 Å². The van der Waals surface area contributed by atoms with Crippen LogP contribution in [0.15, 0.2) is 71.3 Å². The van der Waals surface area contributed by atoms with Crippen molar-refractivity contribution in [2.45, 2.75) is 13.1 Å². The maximum Gasteiger partial charge on any atom is 0.417 e. The summed E-state index contributed by atoms with van der Waals surface area (Å²) in [6.07, 6.45) is -4.54. The number of hydrogen-bond donors (Lipinski definition) is 0. The highest BCUT2D eigenvalue weighted by atomic mass is 19.4. The molecule has 30 heavy (non-hydrogen) atoms. The molecule has 0 bridgehead atoms. The van der Waals surface area contributed by atoms with E-state index in [9.17, 15) is 13.2 Å². The third-order valence-electron chi connectivity index (χ3n) is 4.78. The number of methoxy groups -OCH3 is 1. The van der Waals surface area contributed by atoms with E-state index in [2.05, 4.69) is 10.1 Å². The third kappa shape index (κ3) is 3.66. The summed E-state index contributed by atoms with van der Waals surface area (Å²) >= 11 is 0. The summed E-state index contributed by atoms with van der Waals surface area (Å²) in [5.74, 6) is 0.771.